The van der Waals surface area contributed by atoms with Gasteiger partial charge < -0.3 is 44.7 Å². The molecule has 3 aromatic rings. The summed E-state index contributed by atoms with van der Waals surface area (Å²) in [6.07, 6.45) is -2.58. The number of hydrogen-bond donors (Lipinski definition) is 4. The van der Waals surface area contributed by atoms with Gasteiger partial charge in [0.25, 0.3) is 0 Å². The predicted molar refractivity (Wildman–Crippen MR) is 226 cm³/mol. The zero-order chi connectivity index (χ0) is 45.3. The van der Waals surface area contributed by atoms with Gasteiger partial charge in [-0.3, -0.25) is 28.8 Å². The van der Waals surface area contributed by atoms with Crippen molar-refractivity contribution in [1.82, 2.24) is 20.6 Å². The summed E-state index contributed by atoms with van der Waals surface area (Å²) in [5.41, 5.74) is 0.232. The molecule has 4 N–H and O–H groups in total. The highest BCUT2D eigenvalue weighted by atomic mass is 16.8. The van der Waals surface area contributed by atoms with Gasteiger partial charge in [-0.05, 0) is 51.3 Å². The number of hydroxylamine groups is 2. The second-order valence-corrected chi connectivity index (χ2v) is 17.8. The Kier molecular flexibility index (Phi) is 13.2. The Morgan fingerprint density at radius 3 is 2.21 bits per heavy atom. The summed E-state index contributed by atoms with van der Waals surface area (Å²) in [5, 5.41) is 28.0. The van der Waals surface area contributed by atoms with E-state index in [4.69, 9.17) is 23.8 Å². The molecule has 0 spiro atoms. The Balaban J connectivity index is 1.23. The van der Waals surface area contributed by atoms with Crippen molar-refractivity contribution in [3.05, 3.63) is 113 Å². The largest absolute Gasteiger partial charge is 0.460 e. The lowest BCUT2D eigenvalue weighted by atomic mass is 9.62. The summed E-state index contributed by atoms with van der Waals surface area (Å²) in [6.45, 7) is 5.98. The van der Waals surface area contributed by atoms with Gasteiger partial charge in [0.2, 0.25) is 23.5 Å². The first kappa shape index (κ1) is 45.5. The van der Waals surface area contributed by atoms with Crippen molar-refractivity contribution in [3.8, 4) is 0 Å². The molecular weight excluding hydrogens is 813 g/mol. The van der Waals surface area contributed by atoms with Crippen LogP contribution in [0.15, 0.2) is 91.0 Å². The number of benzene rings is 3. The van der Waals surface area contributed by atoms with Crippen molar-refractivity contribution in [2.45, 2.75) is 114 Å². The normalized spacial score (nSPS) is 26.2. The molecule has 3 heterocycles. The lowest BCUT2D eigenvalue weighted by molar-refractivity contribution is -0.213. The molecule has 9 atom stereocenters. The molecule has 16 nitrogen and oxygen atoms in total. The fraction of sp³-hybridized carbons (Fsp3) is 0.468. The van der Waals surface area contributed by atoms with Crippen molar-refractivity contribution in [2.75, 3.05) is 20.7 Å². The number of nitrogens with zero attached hydrogens (tertiary/aromatic N) is 2. The standard InChI is InChI=1S/C47H56N4O12/c1-28(53)37(42(56)48-33(27-52)21-23-36(55)60-45(2,3)4)49-44(58)46-25-34-38-39(62-47(61-38,31-16-9-7-10-17-31)32-18-11-8-12-19-32)41(46)63-51(40(46)43(57)59-34)26-30-15-13-14-29(24-30)20-22-35(54)50(5)6/h7-20,22,24,28,33-34,37-41,52-53H,21,23,25-27H2,1-6H3,(H,48,56)(H,49,58). The summed E-state index contributed by atoms with van der Waals surface area (Å²) in [7, 11) is 3.30. The molecule has 63 heavy (non-hydrogen) atoms. The maximum atomic E-state index is 15.2. The van der Waals surface area contributed by atoms with Gasteiger partial charge in [0.15, 0.2) is 6.04 Å². The quantitative estimate of drug-likeness (QED) is 0.129. The van der Waals surface area contributed by atoms with Gasteiger partial charge in [-0.15, -0.1) is 0 Å². The van der Waals surface area contributed by atoms with Crippen LogP contribution in [0.4, 0.5) is 0 Å². The van der Waals surface area contributed by atoms with E-state index < -0.39 is 95.8 Å². The molecule has 4 aliphatic rings. The highest BCUT2D eigenvalue weighted by Crippen LogP contribution is 2.59. The van der Waals surface area contributed by atoms with Gasteiger partial charge >= 0.3 is 11.9 Å². The molecule has 0 aromatic heterocycles. The number of esters is 2. The molecule has 4 fully saturated rings. The summed E-state index contributed by atoms with van der Waals surface area (Å²) >= 11 is 0. The number of carbonyl (C=O) groups is 5. The van der Waals surface area contributed by atoms with Crippen molar-refractivity contribution in [1.29, 1.82) is 0 Å². The highest BCUT2D eigenvalue weighted by molar-refractivity contribution is 5.96. The van der Waals surface area contributed by atoms with Crippen LogP contribution < -0.4 is 10.6 Å². The second-order valence-electron chi connectivity index (χ2n) is 17.8. The molecular formula is C47H56N4O12. The van der Waals surface area contributed by atoms with Crippen LogP contribution in [0.2, 0.25) is 0 Å². The number of amides is 3. The lowest BCUT2D eigenvalue weighted by Gasteiger charge is -2.49. The zero-order valence-electron chi connectivity index (χ0n) is 36.3. The summed E-state index contributed by atoms with van der Waals surface area (Å²) in [6, 6.07) is 22.0. The summed E-state index contributed by atoms with van der Waals surface area (Å²) in [5.74, 6) is -4.57. The van der Waals surface area contributed by atoms with Gasteiger partial charge in [-0.1, -0.05) is 84.9 Å². The van der Waals surface area contributed by atoms with Gasteiger partial charge in [0.05, 0.1) is 25.3 Å². The van der Waals surface area contributed by atoms with Crippen LogP contribution in [0.1, 0.15) is 69.2 Å². The number of fused-ring (bicyclic) bond motifs is 4. The minimum absolute atomic E-state index is 0.00380. The van der Waals surface area contributed by atoms with Gasteiger partial charge in [-0.25, -0.2) is 0 Å². The minimum Gasteiger partial charge on any atom is -0.460 e. The van der Waals surface area contributed by atoms with Crippen LogP contribution in [-0.2, 0) is 60.1 Å². The van der Waals surface area contributed by atoms with E-state index in [9.17, 15) is 29.4 Å². The number of rotatable bonds is 15. The number of carbonyl (C=O) groups excluding carboxylic acids is 5. The van der Waals surface area contributed by atoms with Gasteiger partial charge in [0.1, 0.15) is 41.5 Å². The van der Waals surface area contributed by atoms with Gasteiger partial charge in [0, 0.05) is 44.1 Å². The number of aliphatic hydroxyl groups is 2. The average molecular weight is 869 g/mol. The fourth-order valence-electron chi connectivity index (χ4n) is 8.85. The van der Waals surface area contributed by atoms with E-state index in [-0.39, 0.29) is 31.7 Å². The molecule has 3 aliphatic heterocycles. The van der Waals surface area contributed by atoms with Crippen LogP contribution in [0.25, 0.3) is 6.08 Å². The van der Waals surface area contributed by atoms with Crippen molar-refractivity contribution in [3.63, 3.8) is 0 Å². The van der Waals surface area contributed by atoms with E-state index in [1.54, 1.807) is 47.0 Å². The number of nitrogens with one attached hydrogen (secondary N) is 2. The van der Waals surface area contributed by atoms with Crippen LogP contribution in [-0.4, -0.2) is 125 Å². The third-order valence-corrected chi connectivity index (χ3v) is 11.8. The molecule has 3 amide bonds. The first-order valence-corrected chi connectivity index (χ1v) is 21.2. The Morgan fingerprint density at radius 2 is 1.60 bits per heavy atom. The molecule has 9 unspecified atom stereocenters. The summed E-state index contributed by atoms with van der Waals surface area (Å²) in [4.78, 5) is 76.5. The van der Waals surface area contributed by atoms with E-state index >= 15 is 4.79 Å². The Morgan fingerprint density at radius 1 is 0.952 bits per heavy atom. The Hall–Kier alpha value is -5.49. The predicted octanol–water partition coefficient (Wildman–Crippen LogP) is 2.74. The molecule has 2 bridgehead atoms. The highest BCUT2D eigenvalue weighted by Gasteiger charge is 2.76. The number of aliphatic hydroxyl groups excluding tert-OH is 2. The Labute approximate surface area is 366 Å². The van der Waals surface area contributed by atoms with Crippen LogP contribution in [0, 0.1) is 5.41 Å². The van der Waals surface area contributed by atoms with Gasteiger partial charge in [-0.2, -0.15) is 5.06 Å². The molecule has 0 radical (unpaired) electrons. The Bertz CT molecular complexity index is 2150. The van der Waals surface area contributed by atoms with E-state index in [1.807, 2.05) is 78.9 Å². The maximum Gasteiger partial charge on any atom is 0.327 e. The monoisotopic (exact) mass is 868 g/mol. The molecule has 1 saturated carbocycles. The smallest absolute Gasteiger partial charge is 0.327 e. The van der Waals surface area contributed by atoms with Crippen LogP contribution in [0.3, 0.4) is 0 Å². The molecule has 1 aliphatic carbocycles. The first-order valence-electron chi connectivity index (χ1n) is 21.2. The van der Waals surface area contributed by atoms with Crippen LogP contribution >= 0.6 is 0 Å². The van der Waals surface area contributed by atoms with Crippen molar-refractivity contribution < 1.29 is 58.0 Å². The van der Waals surface area contributed by atoms with Crippen molar-refractivity contribution in [2.24, 2.45) is 5.41 Å². The topological polar surface area (TPSA) is 202 Å². The second kappa shape index (κ2) is 18.3. The lowest BCUT2D eigenvalue weighted by Crippen LogP contribution is -2.71. The molecule has 16 heteroatoms. The average Bonchev–Trinajstić information content (AvgIpc) is 3.83. The van der Waals surface area contributed by atoms with E-state index in [0.717, 1.165) is 0 Å². The molecule has 3 saturated heterocycles. The van der Waals surface area contributed by atoms with Crippen LogP contribution in [0.5, 0.6) is 0 Å². The third-order valence-electron chi connectivity index (χ3n) is 11.8. The zero-order valence-corrected chi connectivity index (χ0v) is 36.3. The van der Waals surface area contributed by atoms with Crippen molar-refractivity contribution >= 4 is 35.7 Å². The number of ether oxygens (including phenoxy) is 4. The molecule has 336 valence electrons. The SMILES string of the molecule is CC(O)C(NC(=O)C12CC3OC(=O)C1N(Cc1cccc(C=CC(=O)N(C)C)c1)OC2C1OC(c2ccccc2)(c2ccccc2)OC31)C(=O)NC(CO)CCC(=O)OC(C)(C)C. The maximum absolute atomic E-state index is 15.2. The van der Waals surface area contributed by atoms with E-state index in [1.165, 1.54) is 23.0 Å². The summed E-state index contributed by atoms with van der Waals surface area (Å²) < 4.78 is 25.5. The number of likely N-dealkylation sites (N-methyl/N-ethyl adjacent to an activating group) is 1. The number of hydrogen-bond acceptors (Lipinski definition) is 13. The van der Waals surface area contributed by atoms with E-state index in [0.29, 0.717) is 22.3 Å². The first-order chi connectivity index (χ1) is 30.0. The fourth-order valence-corrected chi connectivity index (χ4v) is 8.85. The molecule has 3 aromatic carbocycles. The third kappa shape index (κ3) is 9.28. The van der Waals surface area contributed by atoms with E-state index in [2.05, 4.69) is 10.6 Å². The minimum atomic E-state index is -1.75. The molecule has 7 rings (SSSR count).